The molecule has 0 aromatic heterocycles. The molecule has 4 aliphatic carbocycles. The molecular weight excluding hydrogens is 1060 g/mol. The maximum absolute atomic E-state index is 11.7. The van der Waals surface area contributed by atoms with Crippen molar-refractivity contribution < 1.29 is 114 Å². The number of nitriles is 2. The predicted molar refractivity (Wildman–Crippen MR) is 260 cm³/mol. The van der Waals surface area contributed by atoms with E-state index < -0.39 is 134 Å². The number of fused-ring (bicyclic) bond motifs is 8. The molecule has 432 valence electrons. The van der Waals surface area contributed by atoms with Crippen LogP contribution in [-0.4, -0.2) is 146 Å². The van der Waals surface area contributed by atoms with Crippen LogP contribution >= 0.6 is 0 Å². The zero-order valence-electron chi connectivity index (χ0n) is 44.5. The molecule has 0 aromatic rings. The summed E-state index contributed by atoms with van der Waals surface area (Å²) in [6.07, 6.45) is 3.23. The molecule has 8 aliphatic rings. The molecule has 4 heterocycles. The zero-order chi connectivity index (χ0) is 59.2. The van der Waals surface area contributed by atoms with Crippen LogP contribution in [-0.2, 0) is 114 Å². The van der Waals surface area contributed by atoms with Gasteiger partial charge in [-0.1, -0.05) is 26.3 Å². The van der Waals surface area contributed by atoms with Gasteiger partial charge in [-0.2, -0.15) is 10.5 Å². The van der Waals surface area contributed by atoms with Crippen molar-refractivity contribution in [3.63, 3.8) is 0 Å². The van der Waals surface area contributed by atoms with Crippen molar-refractivity contribution in [2.45, 2.75) is 140 Å². The minimum absolute atomic E-state index is 0.0847. The Balaban J connectivity index is 0.000000196. The Kier molecular flexibility index (Phi) is 21.4. The molecule has 26 nitrogen and oxygen atoms in total. The molecule has 0 N–H and O–H groups in total. The number of hydrogen-bond acceptors (Lipinski definition) is 26. The lowest BCUT2D eigenvalue weighted by Crippen LogP contribution is -2.44. The lowest BCUT2D eigenvalue weighted by atomic mass is 9.80. The summed E-state index contributed by atoms with van der Waals surface area (Å²) in [4.78, 5) is 136. The van der Waals surface area contributed by atoms with Crippen LogP contribution in [0.4, 0.5) is 0 Å². The zero-order valence-corrected chi connectivity index (χ0v) is 44.5. The van der Waals surface area contributed by atoms with Crippen molar-refractivity contribution in [2.75, 3.05) is 26.4 Å². The Morgan fingerprint density at radius 2 is 0.863 bits per heavy atom. The molecule has 0 radical (unpaired) electrons. The van der Waals surface area contributed by atoms with E-state index in [2.05, 4.69) is 40.5 Å². The number of rotatable bonds is 16. The Bertz CT molecular complexity index is 2630. The monoisotopic (exact) mass is 1120 g/mol. The van der Waals surface area contributed by atoms with E-state index in [1.165, 1.54) is 13.8 Å². The summed E-state index contributed by atoms with van der Waals surface area (Å²) in [7, 11) is 0. The predicted octanol–water partition coefficient (Wildman–Crippen LogP) is 2.47. The highest BCUT2D eigenvalue weighted by Crippen LogP contribution is 2.45. The number of carbonyl (C=O) groups is 12. The van der Waals surface area contributed by atoms with Crippen molar-refractivity contribution in [2.24, 2.45) is 35.5 Å². The highest BCUT2D eigenvalue weighted by molar-refractivity contribution is 5.89. The highest BCUT2D eigenvalue weighted by Gasteiger charge is 2.56. The van der Waals surface area contributed by atoms with Gasteiger partial charge in [0.2, 0.25) is 0 Å². The average Bonchev–Trinajstić information content (AvgIpc) is 4.07. The van der Waals surface area contributed by atoms with Crippen LogP contribution in [0.5, 0.6) is 0 Å². The van der Waals surface area contributed by atoms with Gasteiger partial charge in [0, 0.05) is 49.0 Å². The first-order chi connectivity index (χ1) is 37.7. The normalized spacial score (nSPS) is 31.1. The fourth-order valence-corrected chi connectivity index (χ4v) is 10.1. The first kappa shape index (κ1) is 62.4. The molecule has 14 unspecified atom stereocenters. The summed E-state index contributed by atoms with van der Waals surface area (Å²) < 4.78 is 60.1. The number of nitrogens with zero attached hydrogens (tertiary/aromatic N) is 2. The van der Waals surface area contributed by atoms with Gasteiger partial charge in [-0.05, 0) is 66.2 Å². The van der Waals surface area contributed by atoms with E-state index in [0.29, 0.717) is 64.2 Å². The van der Waals surface area contributed by atoms with E-state index in [1.54, 1.807) is 13.8 Å². The van der Waals surface area contributed by atoms with Gasteiger partial charge in [-0.3, -0.25) is 19.2 Å². The molecule has 0 aromatic carbocycles. The van der Waals surface area contributed by atoms with Gasteiger partial charge >= 0.3 is 71.6 Å². The van der Waals surface area contributed by atoms with Crippen molar-refractivity contribution in [1.82, 2.24) is 0 Å². The lowest BCUT2D eigenvalue weighted by molar-refractivity contribution is -0.177. The third-order valence-electron chi connectivity index (χ3n) is 14.1. The highest BCUT2D eigenvalue weighted by atomic mass is 16.6. The molecule has 80 heavy (non-hydrogen) atoms. The second-order valence-electron chi connectivity index (χ2n) is 20.4. The first-order valence-corrected chi connectivity index (χ1v) is 25.4. The standard InChI is InChI=1S/C14H15NO6.C14H18O6.C13H13NO6.C13H16O6/c1-7(2)13(17)19-6-11(16)21-12-9(5-15)3-8-4-10(12)20-14(8)18;1-8(2)12(16)18-7-11(15)19-10-5-4-9-6-14(10,3)20-13(9)17;1-2-10(15)18-6-11(16)20-12-8(5-14)3-7-4-9(12)19-13(7)17;1-3-10(14)17-7-11(15)18-9-5-4-8-6-13(9,2)19-12(8)16/h8-10,12H,1,3-4,6H2,2H3;9-10H,1,4-7H2,2-3H3;2,7-9,12H,1,3-4,6H2;3,8-9H,1,4-7H2,2H3. The fourth-order valence-electron chi connectivity index (χ4n) is 10.1. The van der Waals surface area contributed by atoms with Crippen molar-refractivity contribution in [3.8, 4) is 12.1 Å². The fraction of sp³-hybridized carbons (Fsp3) is 0.593. The smallest absolute Gasteiger partial charge is 0.344 e. The second kappa shape index (κ2) is 27.4. The molecule has 8 bridgehead atoms. The van der Waals surface area contributed by atoms with Crippen LogP contribution < -0.4 is 0 Å². The van der Waals surface area contributed by atoms with Gasteiger partial charge in [0.25, 0.3) is 0 Å². The Hall–Kier alpha value is -8.42. The Morgan fingerprint density at radius 3 is 1.19 bits per heavy atom. The number of carbonyl (C=O) groups excluding carboxylic acids is 12. The van der Waals surface area contributed by atoms with Crippen LogP contribution in [0.1, 0.15) is 91.9 Å². The molecular formula is C54H62N2O24. The van der Waals surface area contributed by atoms with Gasteiger partial charge in [0.15, 0.2) is 38.6 Å². The molecule has 8 fully saturated rings. The summed E-state index contributed by atoms with van der Waals surface area (Å²) in [5, 5.41) is 18.2. The molecule has 4 aliphatic heterocycles. The first-order valence-electron chi connectivity index (χ1n) is 25.4. The van der Waals surface area contributed by atoms with Crippen LogP contribution in [0, 0.1) is 58.2 Å². The Morgan fingerprint density at radius 1 is 0.525 bits per heavy atom. The van der Waals surface area contributed by atoms with E-state index in [4.69, 9.17) is 53.2 Å². The van der Waals surface area contributed by atoms with E-state index in [-0.39, 0.29) is 58.7 Å². The van der Waals surface area contributed by atoms with Gasteiger partial charge in [0.05, 0.1) is 47.6 Å². The van der Waals surface area contributed by atoms with Crippen LogP contribution in [0.3, 0.4) is 0 Å². The summed E-state index contributed by atoms with van der Waals surface area (Å²) in [5.41, 5.74) is -1.12. The van der Waals surface area contributed by atoms with Crippen molar-refractivity contribution in [1.29, 1.82) is 10.5 Å². The maximum Gasteiger partial charge on any atom is 0.344 e. The molecule has 8 rings (SSSR count). The topological polar surface area (TPSA) is 363 Å². The van der Waals surface area contributed by atoms with Gasteiger partial charge in [-0.15, -0.1) is 0 Å². The van der Waals surface area contributed by atoms with Crippen LogP contribution in [0.2, 0.25) is 0 Å². The molecule has 0 spiro atoms. The summed E-state index contributed by atoms with van der Waals surface area (Å²) in [6.45, 7) is 17.6. The van der Waals surface area contributed by atoms with Crippen molar-refractivity contribution >= 4 is 71.6 Å². The van der Waals surface area contributed by atoms with Crippen LogP contribution in [0.15, 0.2) is 49.6 Å². The second-order valence-corrected chi connectivity index (χ2v) is 20.4. The minimum Gasteiger partial charge on any atom is -0.458 e. The van der Waals surface area contributed by atoms with E-state index in [0.717, 1.165) is 12.2 Å². The number of ether oxygens (including phenoxy) is 12. The number of esters is 12. The van der Waals surface area contributed by atoms with Gasteiger partial charge in [-0.25, -0.2) is 38.4 Å². The average molecular weight is 1120 g/mol. The summed E-state index contributed by atoms with van der Waals surface area (Å²) >= 11 is 0. The van der Waals surface area contributed by atoms with E-state index >= 15 is 0 Å². The molecule has 26 heteroatoms. The van der Waals surface area contributed by atoms with Gasteiger partial charge in [0.1, 0.15) is 35.6 Å². The van der Waals surface area contributed by atoms with E-state index in [1.807, 2.05) is 12.1 Å². The van der Waals surface area contributed by atoms with Gasteiger partial charge < -0.3 is 56.8 Å². The van der Waals surface area contributed by atoms with E-state index in [9.17, 15) is 57.5 Å². The van der Waals surface area contributed by atoms with Crippen molar-refractivity contribution in [3.05, 3.63) is 49.6 Å². The third kappa shape index (κ3) is 16.3. The minimum atomic E-state index is -0.811. The quantitative estimate of drug-likeness (QED) is 0.122. The molecule has 0 amide bonds. The number of hydrogen-bond donors (Lipinski definition) is 0. The SMILES string of the molecule is C=C(C)C(=O)OCC(=O)OC1C(C#N)CC2CC1OC2=O.C=C(C)C(=O)OCC(=O)OC1CCC2CC1(C)OC2=O.C=CC(=O)OCC(=O)OC1C(C#N)CC2CC1OC2=O.C=CC(=O)OCC(=O)OC1CCC2CC1(C)OC2=O. The largest absolute Gasteiger partial charge is 0.458 e. The van der Waals surface area contributed by atoms with Crippen LogP contribution in [0.25, 0.3) is 0 Å². The maximum atomic E-state index is 11.7. The molecule has 4 saturated carbocycles. The third-order valence-corrected chi connectivity index (χ3v) is 14.1. The molecule has 4 saturated heterocycles. The lowest BCUT2D eigenvalue weighted by Gasteiger charge is -2.34. The summed E-state index contributed by atoms with van der Waals surface area (Å²) in [5.74, 6) is -8.72. The summed E-state index contributed by atoms with van der Waals surface area (Å²) in [6, 6.07) is 4.06. The Labute approximate surface area is 458 Å². The molecule has 14 atom stereocenters.